The van der Waals surface area contributed by atoms with Crippen molar-refractivity contribution in [1.82, 2.24) is 5.32 Å². The van der Waals surface area contributed by atoms with Gasteiger partial charge in [-0.2, -0.15) is 5.10 Å². The SMILES string of the molecule is CC1CC2C(C(=O)NCCCCCO)C(c3ccccc3)=NN2c2ccccc21. The van der Waals surface area contributed by atoms with Crippen LogP contribution in [-0.4, -0.2) is 35.9 Å². The molecule has 2 aromatic carbocycles. The van der Waals surface area contributed by atoms with Crippen LogP contribution in [0.4, 0.5) is 5.69 Å². The van der Waals surface area contributed by atoms with Crippen LogP contribution in [0.15, 0.2) is 59.7 Å². The summed E-state index contributed by atoms with van der Waals surface area (Å²) in [7, 11) is 0. The number of carbonyl (C=O) groups is 1. The molecule has 2 aliphatic rings. The van der Waals surface area contributed by atoms with Gasteiger partial charge in [0.05, 0.1) is 17.4 Å². The van der Waals surface area contributed by atoms with Crippen molar-refractivity contribution in [1.29, 1.82) is 0 Å². The van der Waals surface area contributed by atoms with Gasteiger partial charge in [0.15, 0.2) is 0 Å². The Labute approximate surface area is 172 Å². The monoisotopic (exact) mass is 391 g/mol. The van der Waals surface area contributed by atoms with Crippen molar-refractivity contribution in [2.45, 2.75) is 44.6 Å². The van der Waals surface area contributed by atoms with E-state index in [1.54, 1.807) is 0 Å². The normalized spacial score (nSPS) is 22.6. The topological polar surface area (TPSA) is 64.9 Å². The molecule has 3 atom stereocenters. The summed E-state index contributed by atoms with van der Waals surface area (Å²) in [4.78, 5) is 13.3. The number of nitrogens with one attached hydrogen (secondary N) is 1. The van der Waals surface area contributed by atoms with Gasteiger partial charge in [-0.1, -0.05) is 55.5 Å². The van der Waals surface area contributed by atoms with Gasteiger partial charge in [-0.15, -0.1) is 0 Å². The van der Waals surface area contributed by atoms with Gasteiger partial charge in [-0.05, 0) is 48.8 Å². The largest absolute Gasteiger partial charge is 0.396 e. The fraction of sp³-hybridized carbons (Fsp3) is 0.417. The van der Waals surface area contributed by atoms with Gasteiger partial charge in [0, 0.05) is 13.2 Å². The lowest BCUT2D eigenvalue weighted by Crippen LogP contribution is -2.46. The summed E-state index contributed by atoms with van der Waals surface area (Å²) in [6.07, 6.45) is 3.48. The number of benzene rings is 2. The van der Waals surface area contributed by atoms with Crippen molar-refractivity contribution in [3.8, 4) is 0 Å². The standard InChI is InChI=1S/C24H29N3O2/c1-17-16-21-22(24(29)25-14-8-3-9-15-28)23(18-10-4-2-5-11-18)26-27(21)20-13-7-6-12-19(17)20/h2,4-7,10-13,17,21-22,28H,3,8-9,14-16H2,1H3,(H,25,29). The van der Waals surface area contributed by atoms with E-state index in [0.29, 0.717) is 12.5 Å². The van der Waals surface area contributed by atoms with E-state index in [-0.39, 0.29) is 24.5 Å². The molecule has 0 radical (unpaired) electrons. The van der Waals surface area contributed by atoms with Crippen LogP contribution in [0.1, 0.15) is 49.7 Å². The number of carbonyl (C=O) groups excluding carboxylic acids is 1. The lowest BCUT2D eigenvalue weighted by atomic mass is 9.80. The highest BCUT2D eigenvalue weighted by atomic mass is 16.2. The Morgan fingerprint density at radius 1 is 1.10 bits per heavy atom. The number of para-hydroxylation sites is 1. The van der Waals surface area contributed by atoms with Gasteiger partial charge in [0.25, 0.3) is 0 Å². The first kappa shape index (κ1) is 19.6. The summed E-state index contributed by atoms with van der Waals surface area (Å²) in [5.74, 6) is 0.152. The second-order valence-corrected chi connectivity index (χ2v) is 8.01. The highest BCUT2D eigenvalue weighted by Gasteiger charge is 2.46. The molecule has 29 heavy (non-hydrogen) atoms. The van der Waals surface area contributed by atoms with Crippen LogP contribution in [0.3, 0.4) is 0 Å². The van der Waals surface area contributed by atoms with Gasteiger partial charge in [0.2, 0.25) is 5.91 Å². The molecule has 0 saturated heterocycles. The van der Waals surface area contributed by atoms with Crippen molar-refractivity contribution in [3.63, 3.8) is 0 Å². The molecule has 2 heterocycles. The third-order valence-corrected chi connectivity index (χ3v) is 6.00. The Kier molecular flexibility index (Phi) is 5.95. The van der Waals surface area contributed by atoms with E-state index in [2.05, 4.69) is 35.4 Å². The zero-order valence-electron chi connectivity index (χ0n) is 16.9. The first-order valence-corrected chi connectivity index (χ1v) is 10.6. The first-order valence-electron chi connectivity index (χ1n) is 10.6. The van der Waals surface area contributed by atoms with Crippen LogP contribution in [0.2, 0.25) is 0 Å². The molecular weight excluding hydrogens is 362 g/mol. The molecule has 1 amide bonds. The first-order chi connectivity index (χ1) is 14.2. The Bertz CT molecular complexity index is 881. The second kappa shape index (κ2) is 8.78. The van der Waals surface area contributed by atoms with Crippen LogP contribution in [0.5, 0.6) is 0 Å². The summed E-state index contributed by atoms with van der Waals surface area (Å²) >= 11 is 0. The van der Waals surface area contributed by atoms with Gasteiger partial charge in [-0.3, -0.25) is 9.80 Å². The fourth-order valence-corrected chi connectivity index (χ4v) is 4.53. The highest BCUT2D eigenvalue weighted by Crippen LogP contribution is 2.44. The highest BCUT2D eigenvalue weighted by molar-refractivity contribution is 6.15. The number of unbranched alkanes of at least 4 members (excludes halogenated alkanes) is 2. The van der Waals surface area contributed by atoms with E-state index in [4.69, 9.17) is 10.2 Å². The molecule has 3 unspecified atom stereocenters. The minimum atomic E-state index is -0.286. The summed E-state index contributed by atoms with van der Waals surface area (Å²) in [5, 5.41) is 19.1. The van der Waals surface area contributed by atoms with Crippen LogP contribution in [-0.2, 0) is 4.79 Å². The predicted molar refractivity (Wildman–Crippen MR) is 116 cm³/mol. The molecule has 0 aliphatic carbocycles. The number of aliphatic hydroxyl groups is 1. The molecule has 0 bridgehead atoms. The number of aliphatic hydroxyl groups excluding tert-OH is 1. The second-order valence-electron chi connectivity index (χ2n) is 8.01. The molecule has 0 fully saturated rings. The zero-order valence-corrected chi connectivity index (χ0v) is 16.9. The molecule has 2 N–H and O–H groups in total. The molecule has 152 valence electrons. The van der Waals surface area contributed by atoms with Gasteiger partial charge >= 0.3 is 0 Å². The molecular formula is C24H29N3O2. The fourth-order valence-electron chi connectivity index (χ4n) is 4.53. The number of amides is 1. The maximum Gasteiger partial charge on any atom is 0.231 e. The van der Waals surface area contributed by atoms with E-state index >= 15 is 0 Å². The number of hydrazone groups is 1. The van der Waals surface area contributed by atoms with Crippen LogP contribution in [0.25, 0.3) is 0 Å². The van der Waals surface area contributed by atoms with Gasteiger partial charge in [0.1, 0.15) is 5.92 Å². The summed E-state index contributed by atoms with van der Waals surface area (Å²) in [6, 6.07) is 18.5. The number of anilines is 1. The molecule has 0 aromatic heterocycles. The number of rotatable bonds is 7. The van der Waals surface area contributed by atoms with Crippen molar-refractivity contribution in [2.75, 3.05) is 18.2 Å². The van der Waals surface area contributed by atoms with Crippen molar-refractivity contribution < 1.29 is 9.90 Å². The quantitative estimate of drug-likeness (QED) is 0.708. The number of hydrogen-bond acceptors (Lipinski definition) is 4. The number of nitrogens with zero attached hydrogens (tertiary/aromatic N) is 2. The smallest absolute Gasteiger partial charge is 0.231 e. The average Bonchev–Trinajstić information content (AvgIpc) is 3.14. The maximum atomic E-state index is 13.3. The van der Waals surface area contributed by atoms with Crippen molar-refractivity contribution in [3.05, 3.63) is 65.7 Å². The minimum Gasteiger partial charge on any atom is -0.396 e. The van der Waals surface area contributed by atoms with Crippen LogP contribution >= 0.6 is 0 Å². The third-order valence-electron chi connectivity index (χ3n) is 6.00. The maximum absolute atomic E-state index is 13.3. The number of fused-ring (bicyclic) bond motifs is 3. The summed E-state index contributed by atoms with van der Waals surface area (Å²) < 4.78 is 0. The van der Waals surface area contributed by atoms with E-state index in [0.717, 1.165) is 42.6 Å². The Hall–Kier alpha value is -2.66. The Morgan fingerprint density at radius 3 is 2.66 bits per heavy atom. The number of hydrogen-bond donors (Lipinski definition) is 2. The van der Waals surface area contributed by atoms with Crippen LogP contribution in [0, 0.1) is 5.92 Å². The Balaban J connectivity index is 1.62. The molecule has 0 saturated carbocycles. The summed E-state index contributed by atoms with van der Waals surface area (Å²) in [5.41, 5.74) is 4.27. The molecule has 2 aromatic rings. The van der Waals surface area contributed by atoms with E-state index in [1.807, 2.05) is 36.4 Å². The minimum absolute atomic E-state index is 0.0348. The molecule has 2 aliphatic heterocycles. The molecule has 5 nitrogen and oxygen atoms in total. The zero-order chi connectivity index (χ0) is 20.2. The van der Waals surface area contributed by atoms with Crippen molar-refractivity contribution in [2.24, 2.45) is 11.0 Å². The predicted octanol–water partition coefficient (Wildman–Crippen LogP) is 3.68. The van der Waals surface area contributed by atoms with Gasteiger partial charge < -0.3 is 10.4 Å². The van der Waals surface area contributed by atoms with E-state index in [9.17, 15) is 4.79 Å². The van der Waals surface area contributed by atoms with E-state index < -0.39 is 0 Å². The average molecular weight is 392 g/mol. The van der Waals surface area contributed by atoms with Crippen molar-refractivity contribution >= 4 is 17.3 Å². The molecule has 0 spiro atoms. The lowest BCUT2D eigenvalue weighted by Gasteiger charge is -2.36. The van der Waals surface area contributed by atoms with E-state index in [1.165, 1.54) is 5.56 Å². The molecule has 5 heteroatoms. The third kappa shape index (κ3) is 3.92. The Morgan fingerprint density at radius 2 is 1.86 bits per heavy atom. The van der Waals surface area contributed by atoms with Gasteiger partial charge in [-0.25, -0.2) is 0 Å². The summed E-state index contributed by atoms with van der Waals surface area (Å²) in [6.45, 7) is 3.08. The lowest BCUT2D eigenvalue weighted by molar-refractivity contribution is -0.123. The molecule has 4 rings (SSSR count). The van der Waals surface area contributed by atoms with Crippen LogP contribution < -0.4 is 10.3 Å².